The average molecular weight is 370 g/mol. The summed E-state index contributed by atoms with van der Waals surface area (Å²) in [7, 11) is 0. The van der Waals surface area contributed by atoms with E-state index in [4.69, 9.17) is 5.26 Å². The zero-order valence-electron chi connectivity index (χ0n) is 17.1. The standard InChI is InChI=1S/C27H31N/c1-2-3-4-5-6-22-7-9-23(10-8-22)11-12-24-13-17-26(18-14-24)27-19-15-25(21-28)16-20-27/h13-20,22-23H,2-10H2,1H3/t22-,23-. The first-order valence-electron chi connectivity index (χ1n) is 10.9. The normalized spacial score (nSPS) is 18.7. The van der Waals surface area contributed by atoms with Crippen LogP contribution in [0.4, 0.5) is 0 Å². The van der Waals surface area contributed by atoms with Crippen molar-refractivity contribution in [3.63, 3.8) is 0 Å². The van der Waals surface area contributed by atoms with Crippen molar-refractivity contribution in [2.24, 2.45) is 11.8 Å². The van der Waals surface area contributed by atoms with E-state index in [1.54, 1.807) is 0 Å². The third kappa shape index (κ3) is 6.00. The second kappa shape index (κ2) is 10.7. The van der Waals surface area contributed by atoms with E-state index in [2.05, 4.69) is 49.1 Å². The molecule has 3 rings (SSSR count). The minimum atomic E-state index is 0.574. The van der Waals surface area contributed by atoms with Crippen molar-refractivity contribution in [2.75, 3.05) is 0 Å². The Hall–Kier alpha value is -2.51. The van der Waals surface area contributed by atoms with Gasteiger partial charge in [-0.25, -0.2) is 0 Å². The first-order valence-corrected chi connectivity index (χ1v) is 10.9. The van der Waals surface area contributed by atoms with E-state index in [1.165, 1.54) is 63.4 Å². The molecule has 0 bridgehead atoms. The Labute approximate surface area is 170 Å². The topological polar surface area (TPSA) is 23.8 Å². The molecule has 0 amide bonds. The molecule has 0 N–H and O–H groups in total. The summed E-state index contributed by atoms with van der Waals surface area (Å²) in [5, 5.41) is 8.91. The second-order valence-electron chi connectivity index (χ2n) is 8.10. The molecule has 0 unspecified atom stereocenters. The van der Waals surface area contributed by atoms with Gasteiger partial charge in [-0.1, -0.05) is 75.1 Å². The maximum absolute atomic E-state index is 8.91. The van der Waals surface area contributed by atoms with Crippen LogP contribution in [0.1, 0.15) is 75.8 Å². The van der Waals surface area contributed by atoms with Crippen molar-refractivity contribution in [1.82, 2.24) is 0 Å². The van der Waals surface area contributed by atoms with Crippen LogP contribution in [0.3, 0.4) is 0 Å². The highest BCUT2D eigenvalue weighted by atomic mass is 14.2. The van der Waals surface area contributed by atoms with Crippen molar-refractivity contribution in [3.8, 4) is 29.0 Å². The van der Waals surface area contributed by atoms with Gasteiger partial charge < -0.3 is 0 Å². The molecule has 1 nitrogen and oxygen atoms in total. The fraction of sp³-hybridized carbons (Fsp3) is 0.444. The molecule has 0 saturated heterocycles. The van der Waals surface area contributed by atoms with Gasteiger partial charge in [-0.15, -0.1) is 0 Å². The fourth-order valence-corrected chi connectivity index (χ4v) is 4.12. The molecule has 0 radical (unpaired) electrons. The first-order chi connectivity index (χ1) is 13.8. The lowest BCUT2D eigenvalue weighted by atomic mass is 9.80. The quantitative estimate of drug-likeness (QED) is 0.385. The fourth-order valence-electron chi connectivity index (χ4n) is 4.12. The van der Waals surface area contributed by atoms with Crippen LogP contribution in [0, 0.1) is 35.0 Å². The summed E-state index contributed by atoms with van der Waals surface area (Å²) >= 11 is 0. The van der Waals surface area contributed by atoms with Crippen molar-refractivity contribution in [2.45, 2.75) is 64.7 Å². The van der Waals surface area contributed by atoms with Gasteiger partial charge in [-0.3, -0.25) is 0 Å². The summed E-state index contributed by atoms with van der Waals surface area (Å²) in [5.74, 6) is 8.44. The number of hydrogen-bond donors (Lipinski definition) is 0. The molecule has 28 heavy (non-hydrogen) atoms. The van der Waals surface area contributed by atoms with E-state index in [1.807, 2.05) is 24.3 Å². The minimum absolute atomic E-state index is 0.574. The highest BCUT2D eigenvalue weighted by molar-refractivity contribution is 5.65. The summed E-state index contributed by atoms with van der Waals surface area (Å²) in [4.78, 5) is 0. The molecule has 0 aromatic heterocycles. The highest BCUT2D eigenvalue weighted by Gasteiger charge is 2.19. The van der Waals surface area contributed by atoms with Crippen LogP contribution in [0.2, 0.25) is 0 Å². The zero-order chi connectivity index (χ0) is 19.6. The predicted octanol–water partition coefficient (Wildman–Crippen LogP) is 7.35. The van der Waals surface area contributed by atoms with Gasteiger partial charge in [0.05, 0.1) is 11.6 Å². The average Bonchev–Trinajstić information content (AvgIpc) is 2.76. The van der Waals surface area contributed by atoms with E-state index in [0.717, 1.165) is 17.0 Å². The highest BCUT2D eigenvalue weighted by Crippen LogP contribution is 2.31. The molecule has 2 aromatic carbocycles. The number of hydrogen-bond acceptors (Lipinski definition) is 1. The van der Waals surface area contributed by atoms with E-state index in [9.17, 15) is 0 Å². The van der Waals surface area contributed by atoms with E-state index in [0.29, 0.717) is 11.5 Å². The van der Waals surface area contributed by atoms with Crippen LogP contribution >= 0.6 is 0 Å². The summed E-state index contributed by atoms with van der Waals surface area (Å²) in [6.07, 6.45) is 12.3. The summed E-state index contributed by atoms with van der Waals surface area (Å²) in [5.41, 5.74) is 4.09. The van der Waals surface area contributed by atoms with E-state index >= 15 is 0 Å². The number of unbranched alkanes of at least 4 members (excludes halogenated alkanes) is 3. The van der Waals surface area contributed by atoms with Crippen LogP contribution in [0.25, 0.3) is 11.1 Å². The Morgan fingerprint density at radius 1 is 0.786 bits per heavy atom. The lowest BCUT2D eigenvalue weighted by Gasteiger charge is -2.25. The predicted molar refractivity (Wildman–Crippen MR) is 118 cm³/mol. The van der Waals surface area contributed by atoms with E-state index < -0.39 is 0 Å². The molecule has 2 aromatic rings. The van der Waals surface area contributed by atoms with Gasteiger partial charge in [0.15, 0.2) is 0 Å². The Bertz CT molecular complexity index is 819. The maximum atomic E-state index is 8.91. The SMILES string of the molecule is CCCCCC[C@H]1CC[C@H](C#Cc2ccc(-c3ccc(C#N)cc3)cc2)CC1. The summed E-state index contributed by atoms with van der Waals surface area (Å²) < 4.78 is 0. The molecule has 1 heteroatoms. The van der Waals surface area contributed by atoms with Crippen molar-refractivity contribution >= 4 is 0 Å². The van der Waals surface area contributed by atoms with Crippen LogP contribution < -0.4 is 0 Å². The molecule has 0 heterocycles. The van der Waals surface area contributed by atoms with Gasteiger partial charge in [-0.05, 0) is 67.0 Å². The van der Waals surface area contributed by atoms with E-state index in [-0.39, 0.29) is 0 Å². The smallest absolute Gasteiger partial charge is 0.0991 e. The summed E-state index contributed by atoms with van der Waals surface area (Å²) in [6, 6.07) is 18.4. The molecule has 0 atom stereocenters. The van der Waals surface area contributed by atoms with Crippen LogP contribution in [0.5, 0.6) is 0 Å². The molecule has 144 valence electrons. The van der Waals surface area contributed by atoms with Gasteiger partial charge in [-0.2, -0.15) is 5.26 Å². The number of nitriles is 1. The monoisotopic (exact) mass is 369 g/mol. The number of rotatable bonds is 6. The first kappa shape index (κ1) is 20.2. The Kier molecular flexibility index (Phi) is 7.75. The molecule has 1 fully saturated rings. The van der Waals surface area contributed by atoms with Gasteiger partial charge in [0.2, 0.25) is 0 Å². The van der Waals surface area contributed by atoms with Gasteiger partial charge in [0.25, 0.3) is 0 Å². The molecular weight excluding hydrogens is 338 g/mol. The third-order valence-electron chi connectivity index (χ3n) is 5.97. The second-order valence-corrected chi connectivity index (χ2v) is 8.10. The van der Waals surface area contributed by atoms with Crippen molar-refractivity contribution in [1.29, 1.82) is 5.26 Å². The molecule has 1 aliphatic rings. The van der Waals surface area contributed by atoms with Gasteiger partial charge in [0.1, 0.15) is 0 Å². The molecule has 1 saturated carbocycles. The van der Waals surface area contributed by atoms with Crippen LogP contribution in [-0.4, -0.2) is 0 Å². The molecule has 1 aliphatic carbocycles. The maximum Gasteiger partial charge on any atom is 0.0991 e. The molecule has 0 aliphatic heterocycles. The van der Waals surface area contributed by atoms with Crippen molar-refractivity contribution in [3.05, 3.63) is 59.7 Å². The third-order valence-corrected chi connectivity index (χ3v) is 5.97. The summed E-state index contributed by atoms with van der Waals surface area (Å²) in [6.45, 7) is 2.28. The molecule has 0 spiro atoms. The number of nitrogens with zero attached hydrogens (tertiary/aromatic N) is 1. The van der Waals surface area contributed by atoms with Crippen LogP contribution in [-0.2, 0) is 0 Å². The largest absolute Gasteiger partial charge is 0.192 e. The van der Waals surface area contributed by atoms with Gasteiger partial charge in [0, 0.05) is 11.5 Å². The van der Waals surface area contributed by atoms with Gasteiger partial charge >= 0.3 is 0 Å². The lowest BCUT2D eigenvalue weighted by Crippen LogP contribution is -2.13. The van der Waals surface area contributed by atoms with Crippen LogP contribution in [0.15, 0.2) is 48.5 Å². The number of benzene rings is 2. The minimum Gasteiger partial charge on any atom is -0.192 e. The Morgan fingerprint density at radius 2 is 1.39 bits per heavy atom. The Morgan fingerprint density at radius 3 is 1.96 bits per heavy atom. The Balaban J connectivity index is 1.49. The van der Waals surface area contributed by atoms with Crippen molar-refractivity contribution < 1.29 is 0 Å². The molecular formula is C27H31N. The lowest BCUT2D eigenvalue weighted by molar-refractivity contribution is 0.294. The zero-order valence-corrected chi connectivity index (χ0v) is 17.1.